The first-order chi connectivity index (χ1) is 10.2. The predicted molar refractivity (Wildman–Crippen MR) is 86.3 cm³/mol. The lowest BCUT2D eigenvalue weighted by molar-refractivity contribution is 0.0481. The van der Waals surface area contributed by atoms with Crippen molar-refractivity contribution in [3.63, 3.8) is 0 Å². The number of hydrogen-bond acceptors (Lipinski definition) is 3. The number of hydrogen-bond donors (Lipinski definition) is 1. The molecule has 0 aliphatic carbocycles. The van der Waals surface area contributed by atoms with Crippen LogP contribution in [-0.4, -0.2) is 39.9 Å². The third kappa shape index (κ3) is 3.32. The van der Waals surface area contributed by atoms with Crippen LogP contribution in [0.4, 0.5) is 0 Å². The van der Waals surface area contributed by atoms with E-state index in [-0.39, 0.29) is 0 Å². The number of rotatable bonds is 5. The van der Waals surface area contributed by atoms with Crippen LogP contribution in [0.5, 0.6) is 0 Å². The number of nitrogens with zero attached hydrogens (tertiary/aromatic N) is 3. The van der Waals surface area contributed by atoms with E-state index in [0.717, 1.165) is 25.0 Å². The minimum atomic E-state index is 0.501. The van der Waals surface area contributed by atoms with Gasteiger partial charge in [0.15, 0.2) is 0 Å². The summed E-state index contributed by atoms with van der Waals surface area (Å²) < 4.78 is 2.10. The predicted octanol–water partition coefficient (Wildman–Crippen LogP) is 2.96. The van der Waals surface area contributed by atoms with Crippen molar-refractivity contribution >= 4 is 0 Å². The summed E-state index contributed by atoms with van der Waals surface area (Å²) >= 11 is 0. The summed E-state index contributed by atoms with van der Waals surface area (Å²) in [6.45, 7) is 5.35. The molecule has 3 unspecified atom stereocenters. The molecule has 2 fully saturated rings. The SMILES string of the molecule is CCC(C)n1ccc(CNC2CC3CCCC(C2)N3C)n1. The standard InChI is InChI=1S/C17H30N4/c1-4-13(2)21-9-8-14(19-21)12-18-15-10-16-6-5-7-17(11-15)20(16)3/h8-9,13,15-18H,4-7,10-12H2,1-3H3. The number of piperidine rings is 2. The van der Waals surface area contributed by atoms with E-state index in [4.69, 9.17) is 5.10 Å². The van der Waals surface area contributed by atoms with Crippen LogP contribution in [0.15, 0.2) is 12.3 Å². The Morgan fingerprint density at radius 3 is 2.71 bits per heavy atom. The van der Waals surface area contributed by atoms with Crippen molar-refractivity contribution < 1.29 is 0 Å². The van der Waals surface area contributed by atoms with E-state index in [1.807, 2.05) is 0 Å². The highest BCUT2D eigenvalue weighted by atomic mass is 15.3. The highest BCUT2D eigenvalue weighted by Crippen LogP contribution is 2.32. The van der Waals surface area contributed by atoms with Crippen LogP contribution in [0.2, 0.25) is 0 Å². The second-order valence-electron chi connectivity index (χ2n) is 7.00. The van der Waals surface area contributed by atoms with Gasteiger partial charge in [-0.25, -0.2) is 0 Å². The van der Waals surface area contributed by atoms with Crippen LogP contribution in [-0.2, 0) is 6.54 Å². The molecule has 1 aromatic heterocycles. The lowest BCUT2D eigenvalue weighted by Crippen LogP contribution is -2.54. The highest BCUT2D eigenvalue weighted by molar-refractivity contribution is 5.01. The van der Waals surface area contributed by atoms with Crippen molar-refractivity contribution in [3.8, 4) is 0 Å². The molecule has 118 valence electrons. The van der Waals surface area contributed by atoms with Gasteiger partial charge in [-0.2, -0.15) is 5.10 Å². The van der Waals surface area contributed by atoms with Crippen molar-refractivity contribution in [2.45, 2.75) is 83.1 Å². The van der Waals surface area contributed by atoms with Crippen LogP contribution in [0, 0.1) is 0 Å². The molecular weight excluding hydrogens is 260 g/mol. The monoisotopic (exact) mass is 290 g/mol. The van der Waals surface area contributed by atoms with Crippen LogP contribution >= 0.6 is 0 Å². The minimum Gasteiger partial charge on any atom is -0.308 e. The topological polar surface area (TPSA) is 33.1 Å². The summed E-state index contributed by atoms with van der Waals surface area (Å²) in [5.41, 5.74) is 1.18. The molecule has 21 heavy (non-hydrogen) atoms. The Balaban J connectivity index is 1.52. The minimum absolute atomic E-state index is 0.501. The molecule has 0 aromatic carbocycles. The molecule has 2 aliphatic rings. The Morgan fingerprint density at radius 1 is 1.33 bits per heavy atom. The van der Waals surface area contributed by atoms with Gasteiger partial charge in [0.05, 0.1) is 5.69 Å². The molecule has 2 saturated heterocycles. The average molecular weight is 290 g/mol. The number of fused-ring (bicyclic) bond motifs is 2. The van der Waals surface area contributed by atoms with Gasteiger partial charge in [-0.15, -0.1) is 0 Å². The van der Waals surface area contributed by atoms with Crippen LogP contribution in [0.1, 0.15) is 64.1 Å². The largest absolute Gasteiger partial charge is 0.308 e. The van der Waals surface area contributed by atoms with Gasteiger partial charge >= 0.3 is 0 Å². The molecule has 0 saturated carbocycles. The zero-order valence-corrected chi connectivity index (χ0v) is 13.8. The molecule has 1 N–H and O–H groups in total. The molecule has 0 spiro atoms. The molecule has 2 bridgehead atoms. The van der Waals surface area contributed by atoms with Crippen LogP contribution in [0.25, 0.3) is 0 Å². The van der Waals surface area contributed by atoms with Gasteiger partial charge in [-0.3, -0.25) is 4.68 Å². The Hall–Kier alpha value is -0.870. The summed E-state index contributed by atoms with van der Waals surface area (Å²) in [7, 11) is 2.32. The van der Waals surface area contributed by atoms with Crippen molar-refractivity contribution in [3.05, 3.63) is 18.0 Å². The van der Waals surface area contributed by atoms with E-state index in [2.05, 4.69) is 48.1 Å². The third-order valence-electron chi connectivity index (χ3n) is 5.62. The molecule has 3 rings (SSSR count). The maximum atomic E-state index is 4.70. The van der Waals surface area contributed by atoms with Crippen molar-refractivity contribution in [1.82, 2.24) is 20.0 Å². The van der Waals surface area contributed by atoms with E-state index in [9.17, 15) is 0 Å². The maximum absolute atomic E-state index is 4.70. The van der Waals surface area contributed by atoms with Crippen LogP contribution in [0.3, 0.4) is 0 Å². The van der Waals surface area contributed by atoms with Crippen LogP contribution < -0.4 is 5.32 Å². The summed E-state index contributed by atoms with van der Waals surface area (Å²) in [6, 6.07) is 4.93. The van der Waals surface area contributed by atoms with Gasteiger partial charge in [-0.05, 0) is 52.1 Å². The summed E-state index contributed by atoms with van der Waals surface area (Å²) in [5, 5.41) is 8.45. The molecule has 0 radical (unpaired) electrons. The molecule has 1 aromatic rings. The molecule has 4 nitrogen and oxygen atoms in total. The summed E-state index contributed by atoms with van der Waals surface area (Å²) in [4.78, 5) is 2.62. The van der Waals surface area contributed by atoms with Gasteiger partial charge in [0.25, 0.3) is 0 Å². The smallest absolute Gasteiger partial charge is 0.0762 e. The number of aromatic nitrogens is 2. The fourth-order valence-corrected chi connectivity index (χ4v) is 3.94. The first-order valence-corrected chi connectivity index (χ1v) is 8.66. The molecule has 3 heterocycles. The lowest BCUT2D eigenvalue weighted by Gasteiger charge is -2.47. The first kappa shape index (κ1) is 15.0. The second kappa shape index (κ2) is 6.49. The molecule has 4 heteroatoms. The van der Waals surface area contributed by atoms with Gasteiger partial charge in [0.1, 0.15) is 0 Å². The fraction of sp³-hybridized carbons (Fsp3) is 0.824. The molecular formula is C17H30N4. The molecule has 3 atom stereocenters. The second-order valence-corrected chi connectivity index (χ2v) is 7.00. The van der Waals surface area contributed by atoms with Gasteiger partial charge < -0.3 is 10.2 Å². The maximum Gasteiger partial charge on any atom is 0.0762 e. The zero-order valence-electron chi connectivity index (χ0n) is 13.8. The molecule has 2 aliphatic heterocycles. The highest BCUT2D eigenvalue weighted by Gasteiger charge is 2.35. The average Bonchev–Trinajstić information content (AvgIpc) is 2.93. The van der Waals surface area contributed by atoms with Gasteiger partial charge in [0, 0.05) is 36.9 Å². The van der Waals surface area contributed by atoms with E-state index in [1.165, 1.54) is 37.8 Å². The zero-order chi connectivity index (χ0) is 14.8. The fourth-order valence-electron chi connectivity index (χ4n) is 3.94. The Labute approximate surface area is 128 Å². The van der Waals surface area contributed by atoms with Crippen molar-refractivity contribution in [2.24, 2.45) is 0 Å². The summed E-state index contributed by atoms with van der Waals surface area (Å²) in [5.74, 6) is 0. The molecule has 0 amide bonds. The van der Waals surface area contributed by atoms with E-state index in [0.29, 0.717) is 12.1 Å². The van der Waals surface area contributed by atoms with E-state index >= 15 is 0 Å². The third-order valence-corrected chi connectivity index (χ3v) is 5.62. The van der Waals surface area contributed by atoms with E-state index in [1.54, 1.807) is 0 Å². The Kier molecular flexibility index (Phi) is 4.65. The van der Waals surface area contributed by atoms with Gasteiger partial charge in [-0.1, -0.05) is 13.3 Å². The lowest BCUT2D eigenvalue weighted by atomic mass is 9.82. The van der Waals surface area contributed by atoms with Crippen molar-refractivity contribution in [1.29, 1.82) is 0 Å². The Morgan fingerprint density at radius 2 is 2.05 bits per heavy atom. The number of nitrogens with one attached hydrogen (secondary N) is 1. The Bertz CT molecular complexity index is 441. The van der Waals surface area contributed by atoms with Gasteiger partial charge in [0.2, 0.25) is 0 Å². The van der Waals surface area contributed by atoms with E-state index < -0.39 is 0 Å². The quantitative estimate of drug-likeness (QED) is 0.905. The first-order valence-electron chi connectivity index (χ1n) is 8.66. The van der Waals surface area contributed by atoms with Crippen molar-refractivity contribution in [2.75, 3.05) is 7.05 Å². The normalized spacial score (nSPS) is 31.3. The summed E-state index contributed by atoms with van der Waals surface area (Å²) in [6.07, 6.45) is 10.0.